The smallest absolute Gasteiger partial charge is 0.333 e. The van der Waals surface area contributed by atoms with Crippen LogP contribution in [0.2, 0.25) is 0 Å². The summed E-state index contributed by atoms with van der Waals surface area (Å²) in [6.07, 6.45) is 1.77. The fourth-order valence-corrected chi connectivity index (χ4v) is 5.15. The Morgan fingerprint density at radius 3 is 2.07 bits per heavy atom. The number of rotatable bonds is 15. The zero-order valence-corrected chi connectivity index (χ0v) is 27.6. The van der Waals surface area contributed by atoms with Crippen molar-refractivity contribution in [2.45, 2.75) is 85.5 Å². The number of ether oxygens (including phenoxy) is 2. The highest BCUT2D eigenvalue weighted by molar-refractivity contribution is 5.91. The third-order valence-corrected chi connectivity index (χ3v) is 7.85. The summed E-state index contributed by atoms with van der Waals surface area (Å²) in [4.78, 5) is 41.4. The second-order valence-corrected chi connectivity index (χ2v) is 12.2. The number of hydrogen-bond acceptors (Lipinski definition) is 6. The van der Waals surface area contributed by atoms with Crippen LogP contribution in [0, 0.1) is 11.8 Å². The molecule has 0 aliphatic heterocycles. The Bertz CT molecular complexity index is 1220. The fourth-order valence-electron chi connectivity index (χ4n) is 5.15. The molecule has 0 unspecified atom stereocenters. The van der Waals surface area contributed by atoms with Crippen LogP contribution in [-0.2, 0) is 31.1 Å². The van der Waals surface area contributed by atoms with E-state index in [-0.39, 0.29) is 36.3 Å². The quantitative estimate of drug-likeness (QED) is 0.216. The lowest BCUT2D eigenvalue weighted by Gasteiger charge is -2.37. The van der Waals surface area contributed by atoms with Gasteiger partial charge >= 0.3 is 5.97 Å². The van der Waals surface area contributed by atoms with Gasteiger partial charge in [-0.3, -0.25) is 9.59 Å². The molecule has 0 radical (unpaired) electrons. The van der Waals surface area contributed by atoms with Crippen LogP contribution in [0.1, 0.15) is 66.5 Å². The molecular formula is C35H51N3O5. The number of amides is 2. The van der Waals surface area contributed by atoms with Crippen molar-refractivity contribution in [3.63, 3.8) is 0 Å². The van der Waals surface area contributed by atoms with E-state index in [0.717, 1.165) is 16.9 Å². The molecule has 2 amide bonds. The minimum atomic E-state index is -0.754. The van der Waals surface area contributed by atoms with Gasteiger partial charge in [0.2, 0.25) is 11.8 Å². The first-order chi connectivity index (χ1) is 20.2. The van der Waals surface area contributed by atoms with Gasteiger partial charge in [0, 0.05) is 18.0 Å². The zero-order valence-electron chi connectivity index (χ0n) is 27.6. The van der Waals surface area contributed by atoms with Crippen LogP contribution in [0.4, 0.5) is 0 Å². The minimum absolute atomic E-state index is 0.0328. The Labute approximate surface area is 258 Å². The van der Waals surface area contributed by atoms with Gasteiger partial charge in [-0.1, -0.05) is 90.1 Å². The van der Waals surface area contributed by atoms with Crippen molar-refractivity contribution in [2.75, 3.05) is 20.7 Å². The van der Waals surface area contributed by atoms with Crippen molar-refractivity contribution in [1.82, 2.24) is 15.5 Å². The van der Waals surface area contributed by atoms with Crippen molar-refractivity contribution < 1.29 is 23.9 Å². The number of nitrogens with one attached hydrogen (secondary N) is 2. The standard InChI is InChI=1S/C35H51N3O5/c1-11-42-34(41)25(6)21-29(23(2)3)38(10)33(40)30(24(4)5)37-32(39)31(36-9)35(7,8)27-17-19-28(20-18-27)43-22-26-15-13-12-14-16-26/h12-21,23-24,29-31,36H,11,22H2,1-10H3,(H,37,39)/t29-,30+,31-/m1/s1. The Kier molecular flexibility index (Phi) is 13.4. The zero-order chi connectivity index (χ0) is 32.3. The van der Waals surface area contributed by atoms with Crippen LogP contribution in [0.5, 0.6) is 5.75 Å². The lowest BCUT2D eigenvalue weighted by atomic mass is 9.77. The van der Waals surface area contributed by atoms with E-state index in [9.17, 15) is 14.4 Å². The van der Waals surface area contributed by atoms with Gasteiger partial charge < -0.3 is 25.0 Å². The second-order valence-electron chi connectivity index (χ2n) is 12.2. The maximum absolute atomic E-state index is 13.8. The molecule has 2 rings (SSSR count). The van der Waals surface area contributed by atoms with Gasteiger partial charge in [-0.15, -0.1) is 0 Å². The van der Waals surface area contributed by atoms with Crippen LogP contribution < -0.4 is 15.4 Å². The van der Waals surface area contributed by atoms with Gasteiger partial charge in [-0.05, 0) is 56.0 Å². The molecule has 0 aliphatic rings. The van der Waals surface area contributed by atoms with Gasteiger partial charge in [-0.2, -0.15) is 0 Å². The summed E-state index contributed by atoms with van der Waals surface area (Å²) in [7, 11) is 3.46. The fraction of sp³-hybridized carbons (Fsp3) is 0.514. The third kappa shape index (κ3) is 9.68. The van der Waals surface area contributed by atoms with Gasteiger partial charge in [0.05, 0.1) is 18.7 Å². The van der Waals surface area contributed by atoms with E-state index in [1.165, 1.54) is 0 Å². The highest BCUT2D eigenvalue weighted by Crippen LogP contribution is 2.29. The third-order valence-electron chi connectivity index (χ3n) is 7.85. The SMILES string of the molecule is CCOC(=O)C(C)=C[C@H](C(C)C)N(C)C(=O)[C@@H](NC(=O)[C@@H](NC)C(C)(C)c1ccc(OCc2ccccc2)cc1)C(C)C. The molecule has 236 valence electrons. The van der Waals surface area contributed by atoms with E-state index in [0.29, 0.717) is 12.2 Å². The molecule has 2 aromatic carbocycles. The molecule has 0 spiro atoms. The predicted molar refractivity (Wildman–Crippen MR) is 172 cm³/mol. The van der Waals surface area contributed by atoms with E-state index in [1.54, 1.807) is 38.9 Å². The highest BCUT2D eigenvalue weighted by atomic mass is 16.5. The molecule has 0 aliphatic carbocycles. The number of carbonyl (C=O) groups excluding carboxylic acids is 3. The number of nitrogens with zero attached hydrogens (tertiary/aromatic N) is 1. The number of benzene rings is 2. The molecule has 2 N–H and O–H groups in total. The van der Waals surface area contributed by atoms with Crippen LogP contribution in [0.15, 0.2) is 66.2 Å². The number of hydrogen-bond donors (Lipinski definition) is 2. The molecule has 3 atom stereocenters. The van der Waals surface area contributed by atoms with Gasteiger partial charge in [-0.25, -0.2) is 4.79 Å². The van der Waals surface area contributed by atoms with Crippen LogP contribution in [0.25, 0.3) is 0 Å². The van der Waals surface area contributed by atoms with E-state index in [1.807, 2.05) is 96.1 Å². The summed E-state index contributed by atoms with van der Waals surface area (Å²) >= 11 is 0. The lowest BCUT2D eigenvalue weighted by Crippen LogP contribution is -2.59. The summed E-state index contributed by atoms with van der Waals surface area (Å²) in [6.45, 7) is 16.0. The average molecular weight is 594 g/mol. The Morgan fingerprint density at radius 2 is 1.56 bits per heavy atom. The Balaban J connectivity index is 2.21. The van der Waals surface area contributed by atoms with Gasteiger partial charge in [0.1, 0.15) is 18.4 Å². The van der Waals surface area contributed by atoms with E-state index >= 15 is 0 Å². The van der Waals surface area contributed by atoms with Gasteiger partial charge in [0.15, 0.2) is 0 Å². The molecule has 0 bridgehead atoms. The summed E-state index contributed by atoms with van der Waals surface area (Å²) in [5, 5.41) is 6.21. The molecule has 0 saturated carbocycles. The molecule has 0 fully saturated rings. The molecule has 0 heterocycles. The van der Waals surface area contributed by atoms with Crippen LogP contribution in [0.3, 0.4) is 0 Å². The largest absolute Gasteiger partial charge is 0.489 e. The topological polar surface area (TPSA) is 97.0 Å². The first kappa shape index (κ1) is 35.5. The van der Waals surface area contributed by atoms with Gasteiger partial charge in [0.25, 0.3) is 0 Å². The highest BCUT2D eigenvalue weighted by Gasteiger charge is 2.39. The lowest BCUT2D eigenvalue weighted by molar-refractivity contribution is -0.140. The predicted octanol–water partition coefficient (Wildman–Crippen LogP) is 5.26. The maximum atomic E-state index is 13.8. The Morgan fingerprint density at radius 1 is 0.953 bits per heavy atom. The molecule has 0 saturated heterocycles. The number of carbonyl (C=O) groups is 3. The molecular weight excluding hydrogens is 542 g/mol. The maximum Gasteiger partial charge on any atom is 0.333 e. The molecule has 0 aromatic heterocycles. The number of esters is 1. The molecule has 8 nitrogen and oxygen atoms in total. The molecule has 43 heavy (non-hydrogen) atoms. The first-order valence-electron chi connectivity index (χ1n) is 15.1. The van der Waals surface area contributed by atoms with Crippen molar-refractivity contribution in [3.8, 4) is 5.75 Å². The minimum Gasteiger partial charge on any atom is -0.489 e. The second kappa shape index (κ2) is 16.3. The monoisotopic (exact) mass is 593 g/mol. The first-order valence-corrected chi connectivity index (χ1v) is 15.1. The van der Waals surface area contributed by atoms with Crippen molar-refractivity contribution in [3.05, 3.63) is 77.4 Å². The summed E-state index contributed by atoms with van der Waals surface area (Å²) in [5.41, 5.74) is 1.88. The van der Waals surface area contributed by atoms with E-state index in [2.05, 4.69) is 10.6 Å². The average Bonchev–Trinajstić information content (AvgIpc) is 2.97. The van der Waals surface area contributed by atoms with Crippen LogP contribution >= 0.6 is 0 Å². The van der Waals surface area contributed by atoms with E-state index < -0.39 is 23.5 Å². The molecule has 2 aromatic rings. The molecule has 8 heteroatoms. The Hall–Kier alpha value is -3.65. The normalized spacial score (nSPS) is 14.2. The van der Waals surface area contributed by atoms with Crippen molar-refractivity contribution >= 4 is 17.8 Å². The van der Waals surface area contributed by atoms with E-state index in [4.69, 9.17) is 9.47 Å². The van der Waals surface area contributed by atoms with Crippen molar-refractivity contribution in [1.29, 1.82) is 0 Å². The summed E-state index contributed by atoms with van der Waals surface area (Å²) in [5.74, 6) is -0.278. The number of likely N-dealkylation sites (N-methyl/N-ethyl adjacent to an activating group) is 2. The van der Waals surface area contributed by atoms with Crippen molar-refractivity contribution in [2.24, 2.45) is 11.8 Å². The summed E-state index contributed by atoms with van der Waals surface area (Å²) < 4.78 is 11.1. The summed E-state index contributed by atoms with van der Waals surface area (Å²) in [6, 6.07) is 16.0. The van der Waals surface area contributed by atoms with Crippen LogP contribution in [-0.4, -0.2) is 61.5 Å².